The van der Waals surface area contributed by atoms with Crippen LogP contribution in [0.15, 0.2) is 53.6 Å². The van der Waals surface area contributed by atoms with Gasteiger partial charge in [-0.15, -0.1) is 0 Å². The number of aromatic carboxylic acids is 1. The average molecular weight is 363 g/mol. The summed E-state index contributed by atoms with van der Waals surface area (Å²) in [4.78, 5) is 22.9. The van der Waals surface area contributed by atoms with E-state index in [1.807, 2.05) is 0 Å². The van der Waals surface area contributed by atoms with Gasteiger partial charge in [0, 0.05) is 5.92 Å². The van der Waals surface area contributed by atoms with Gasteiger partial charge in [-0.3, -0.25) is 4.79 Å². The number of hydrazone groups is 1. The molecule has 0 heterocycles. The van der Waals surface area contributed by atoms with Crippen molar-refractivity contribution in [1.82, 2.24) is 5.43 Å². The minimum Gasteiger partial charge on any atom is -0.545 e. The first-order valence-corrected chi connectivity index (χ1v) is 9.00. The molecule has 1 N–H and O–H groups in total. The molecule has 1 amide bonds. The van der Waals surface area contributed by atoms with Crippen molar-refractivity contribution in [3.8, 4) is 0 Å². The summed E-state index contributed by atoms with van der Waals surface area (Å²) in [5.74, 6) is -1.12. The zero-order valence-corrected chi connectivity index (χ0v) is 15.7. The highest BCUT2D eigenvalue weighted by atomic mass is 16.4. The second kappa shape index (κ2) is 7.35. The van der Waals surface area contributed by atoms with Crippen LogP contribution in [0.25, 0.3) is 0 Å². The molecule has 1 saturated carbocycles. The topological polar surface area (TPSA) is 81.6 Å². The summed E-state index contributed by atoms with van der Waals surface area (Å²) in [6.07, 6.45) is 2.32. The Balaban J connectivity index is 1.53. The summed E-state index contributed by atoms with van der Waals surface area (Å²) in [6.45, 7) is 6.54. The van der Waals surface area contributed by atoms with Gasteiger partial charge < -0.3 is 9.90 Å². The van der Waals surface area contributed by atoms with E-state index in [1.54, 1.807) is 12.1 Å². The smallest absolute Gasteiger partial charge is 0.243 e. The normalized spacial score (nSPS) is 19.1. The van der Waals surface area contributed by atoms with Crippen LogP contribution >= 0.6 is 0 Å². The van der Waals surface area contributed by atoms with Crippen LogP contribution in [0.1, 0.15) is 60.2 Å². The maximum Gasteiger partial charge on any atom is 0.243 e. The van der Waals surface area contributed by atoms with Gasteiger partial charge in [0.15, 0.2) is 0 Å². The molecule has 27 heavy (non-hydrogen) atoms. The van der Waals surface area contributed by atoms with E-state index in [-0.39, 0.29) is 28.7 Å². The molecule has 2 atom stereocenters. The van der Waals surface area contributed by atoms with Gasteiger partial charge in [-0.1, -0.05) is 69.3 Å². The molecule has 0 saturated heterocycles. The summed E-state index contributed by atoms with van der Waals surface area (Å²) in [5, 5.41) is 14.7. The van der Waals surface area contributed by atoms with Gasteiger partial charge in [-0.05, 0) is 40.0 Å². The third kappa shape index (κ3) is 4.61. The maximum atomic E-state index is 12.2. The molecule has 1 aliphatic rings. The van der Waals surface area contributed by atoms with Crippen LogP contribution in [-0.2, 0) is 10.2 Å². The fourth-order valence-corrected chi connectivity index (χ4v) is 3.04. The number of benzene rings is 2. The summed E-state index contributed by atoms with van der Waals surface area (Å²) in [5.41, 5.74) is 5.96. The molecule has 0 spiro atoms. The van der Waals surface area contributed by atoms with E-state index in [4.69, 9.17) is 0 Å². The molecule has 5 nitrogen and oxygen atoms in total. The molecule has 0 unspecified atom stereocenters. The van der Waals surface area contributed by atoms with Crippen LogP contribution in [0.2, 0.25) is 0 Å². The lowest BCUT2D eigenvalue weighted by atomic mass is 9.86. The predicted molar refractivity (Wildman–Crippen MR) is 102 cm³/mol. The monoisotopic (exact) mass is 363 g/mol. The molecule has 2 aromatic carbocycles. The van der Waals surface area contributed by atoms with E-state index in [0.29, 0.717) is 5.56 Å². The Labute approximate surface area is 159 Å². The van der Waals surface area contributed by atoms with Crippen molar-refractivity contribution in [1.29, 1.82) is 0 Å². The van der Waals surface area contributed by atoms with Crippen LogP contribution in [0.3, 0.4) is 0 Å². The highest BCUT2D eigenvalue weighted by molar-refractivity contribution is 5.88. The van der Waals surface area contributed by atoms with Gasteiger partial charge in [0.25, 0.3) is 0 Å². The van der Waals surface area contributed by atoms with Gasteiger partial charge in [-0.2, -0.15) is 5.10 Å². The largest absolute Gasteiger partial charge is 0.545 e. The number of hydrogen-bond acceptors (Lipinski definition) is 4. The molecule has 0 aromatic heterocycles. The highest BCUT2D eigenvalue weighted by Crippen LogP contribution is 2.47. The number of hydrogen-bond donors (Lipinski definition) is 1. The fourth-order valence-electron chi connectivity index (χ4n) is 3.04. The summed E-state index contributed by atoms with van der Waals surface area (Å²) in [7, 11) is 0. The predicted octanol–water partition coefficient (Wildman–Crippen LogP) is 2.60. The van der Waals surface area contributed by atoms with E-state index in [9.17, 15) is 14.7 Å². The quantitative estimate of drug-likeness (QED) is 0.655. The van der Waals surface area contributed by atoms with E-state index in [2.05, 4.69) is 55.6 Å². The summed E-state index contributed by atoms with van der Waals surface area (Å²) >= 11 is 0. The van der Waals surface area contributed by atoms with Crippen molar-refractivity contribution in [3.05, 3.63) is 70.8 Å². The third-order valence-corrected chi connectivity index (χ3v) is 4.87. The minimum absolute atomic E-state index is 0.0527. The molecular weight excluding hydrogens is 340 g/mol. The molecule has 0 bridgehead atoms. The Morgan fingerprint density at radius 2 is 1.70 bits per heavy atom. The van der Waals surface area contributed by atoms with Gasteiger partial charge in [-0.25, -0.2) is 5.43 Å². The average Bonchev–Trinajstić information content (AvgIpc) is 3.42. The van der Waals surface area contributed by atoms with Crippen LogP contribution in [-0.4, -0.2) is 18.1 Å². The van der Waals surface area contributed by atoms with Gasteiger partial charge in [0.1, 0.15) is 0 Å². The molecule has 0 aliphatic heterocycles. The zero-order chi connectivity index (χ0) is 19.6. The number of nitrogens with zero attached hydrogens (tertiary/aromatic N) is 1. The Hall–Kier alpha value is -2.95. The first-order valence-electron chi connectivity index (χ1n) is 9.00. The van der Waals surface area contributed by atoms with Crippen LogP contribution in [0.5, 0.6) is 0 Å². The summed E-state index contributed by atoms with van der Waals surface area (Å²) < 4.78 is 0. The number of carbonyl (C=O) groups excluding carboxylic acids is 2. The second-order valence-electron chi connectivity index (χ2n) is 7.96. The van der Waals surface area contributed by atoms with Crippen LogP contribution < -0.4 is 10.5 Å². The zero-order valence-electron chi connectivity index (χ0n) is 15.7. The Kier molecular flexibility index (Phi) is 5.13. The first-order chi connectivity index (χ1) is 12.8. The molecule has 2 aromatic rings. The van der Waals surface area contributed by atoms with E-state index >= 15 is 0 Å². The van der Waals surface area contributed by atoms with Crippen molar-refractivity contribution in [2.24, 2.45) is 11.0 Å². The minimum atomic E-state index is -1.22. The number of carboxylic acids is 1. The van der Waals surface area contributed by atoms with Crippen LogP contribution in [0, 0.1) is 5.92 Å². The summed E-state index contributed by atoms with van der Waals surface area (Å²) in [6, 6.07) is 14.6. The van der Waals surface area contributed by atoms with Crippen molar-refractivity contribution >= 4 is 18.1 Å². The van der Waals surface area contributed by atoms with Crippen molar-refractivity contribution in [2.75, 3.05) is 0 Å². The number of nitrogens with one attached hydrogen (secondary N) is 1. The van der Waals surface area contributed by atoms with E-state index in [1.165, 1.54) is 29.5 Å². The maximum absolute atomic E-state index is 12.2. The SMILES string of the molecule is CC(C)(C)c1ccc([C@@H]2C[C@H]2C(=O)NN=Cc2ccc(C(=O)[O-])cc2)cc1. The third-order valence-electron chi connectivity index (χ3n) is 4.87. The van der Waals surface area contributed by atoms with Crippen molar-refractivity contribution in [3.63, 3.8) is 0 Å². The Morgan fingerprint density at radius 3 is 2.26 bits per heavy atom. The van der Waals surface area contributed by atoms with E-state index < -0.39 is 5.97 Å². The number of rotatable bonds is 5. The Bertz CT molecular complexity index is 862. The molecule has 3 rings (SSSR count). The Morgan fingerprint density at radius 1 is 1.07 bits per heavy atom. The molecule has 5 heteroatoms. The fraction of sp³-hybridized carbons (Fsp3) is 0.318. The lowest BCUT2D eigenvalue weighted by Gasteiger charge is -2.19. The number of amides is 1. The first kappa shape index (κ1) is 18.8. The number of carboxylic acid groups (broad SMARTS) is 1. The van der Waals surface area contributed by atoms with E-state index in [0.717, 1.165) is 6.42 Å². The molecular formula is C22H23N2O3-. The van der Waals surface area contributed by atoms with Crippen molar-refractivity contribution < 1.29 is 14.7 Å². The molecule has 140 valence electrons. The standard InChI is InChI=1S/C22H24N2O3/c1-22(2,3)17-10-8-15(9-11-17)18-12-19(18)20(25)24-23-13-14-4-6-16(7-5-14)21(26)27/h4-11,13,18-19H,12H2,1-3H3,(H,24,25)(H,26,27)/p-1/t18-,19+/m0/s1. The second-order valence-corrected chi connectivity index (χ2v) is 7.96. The van der Waals surface area contributed by atoms with Gasteiger partial charge in [0.2, 0.25) is 5.91 Å². The lowest BCUT2D eigenvalue weighted by Crippen LogP contribution is -2.22. The molecule has 0 radical (unpaired) electrons. The lowest BCUT2D eigenvalue weighted by molar-refractivity contribution is -0.255. The van der Waals surface area contributed by atoms with Crippen LogP contribution in [0.4, 0.5) is 0 Å². The van der Waals surface area contributed by atoms with Gasteiger partial charge >= 0.3 is 0 Å². The van der Waals surface area contributed by atoms with Crippen molar-refractivity contribution in [2.45, 2.75) is 38.5 Å². The highest BCUT2D eigenvalue weighted by Gasteiger charge is 2.43. The molecule has 1 aliphatic carbocycles. The molecule has 1 fully saturated rings. The van der Waals surface area contributed by atoms with Gasteiger partial charge in [0.05, 0.1) is 12.2 Å². The number of carbonyl (C=O) groups is 2.